The van der Waals surface area contributed by atoms with Crippen LogP contribution in [0, 0.1) is 0 Å². The van der Waals surface area contributed by atoms with Crippen molar-refractivity contribution in [3.63, 3.8) is 0 Å². The highest BCUT2D eigenvalue weighted by Gasteiger charge is 2.17. The lowest BCUT2D eigenvalue weighted by molar-refractivity contribution is -0.126. The van der Waals surface area contributed by atoms with Crippen molar-refractivity contribution in [1.82, 2.24) is 10.4 Å². The second kappa shape index (κ2) is 7.56. The number of nitrogens with one attached hydrogen (secondary N) is 1. The molecule has 0 spiro atoms. The number of nitrogens with zero attached hydrogens (tertiary/aromatic N) is 1. The van der Waals surface area contributed by atoms with Crippen LogP contribution in [-0.2, 0) is 9.63 Å². The van der Waals surface area contributed by atoms with Crippen LogP contribution in [0.25, 0.3) is 0 Å². The molecule has 1 N–H and O–H groups in total. The molecule has 0 unspecified atom stereocenters. The topological polar surface area (TPSA) is 41.6 Å². The standard InChI is InChI=1S/C9H14Cl2N2O2/c1-4-5-13(9(14)8(10)11)6-7(2)12-15-3/h4,6,8,12H,1,5H2,2-3H3. The summed E-state index contributed by atoms with van der Waals surface area (Å²) in [6.07, 6.45) is 3.12. The number of rotatable bonds is 6. The number of carbonyl (C=O) groups excluding carboxylic acids is 1. The zero-order chi connectivity index (χ0) is 11.8. The molecule has 4 nitrogen and oxygen atoms in total. The minimum Gasteiger partial charge on any atom is -0.311 e. The van der Waals surface area contributed by atoms with Crippen molar-refractivity contribution in [3.8, 4) is 0 Å². The summed E-state index contributed by atoms with van der Waals surface area (Å²) in [5.74, 6) is -0.407. The third-order valence-electron chi connectivity index (χ3n) is 1.41. The van der Waals surface area contributed by atoms with Crippen molar-refractivity contribution in [1.29, 1.82) is 0 Å². The van der Waals surface area contributed by atoms with Gasteiger partial charge in [-0.2, -0.15) is 0 Å². The van der Waals surface area contributed by atoms with Crippen LogP contribution in [0.1, 0.15) is 6.92 Å². The van der Waals surface area contributed by atoms with Gasteiger partial charge in [0.1, 0.15) is 0 Å². The van der Waals surface area contributed by atoms with Crippen LogP contribution in [-0.4, -0.2) is 29.3 Å². The van der Waals surface area contributed by atoms with Gasteiger partial charge in [-0.1, -0.05) is 29.3 Å². The Balaban J connectivity index is 4.58. The van der Waals surface area contributed by atoms with Crippen LogP contribution in [0.3, 0.4) is 0 Å². The first-order valence-electron chi connectivity index (χ1n) is 4.19. The summed E-state index contributed by atoms with van der Waals surface area (Å²) in [7, 11) is 1.48. The summed E-state index contributed by atoms with van der Waals surface area (Å²) < 4.78 is 0. The van der Waals surface area contributed by atoms with Crippen LogP contribution >= 0.6 is 23.2 Å². The summed E-state index contributed by atoms with van der Waals surface area (Å²) in [5, 5.41) is 0. The van der Waals surface area contributed by atoms with E-state index in [1.165, 1.54) is 12.0 Å². The smallest absolute Gasteiger partial charge is 0.260 e. The third kappa shape index (κ3) is 5.67. The van der Waals surface area contributed by atoms with Crippen molar-refractivity contribution in [3.05, 3.63) is 24.6 Å². The van der Waals surface area contributed by atoms with E-state index in [2.05, 4.69) is 16.9 Å². The molecule has 0 aromatic rings. The van der Waals surface area contributed by atoms with E-state index in [0.717, 1.165) is 0 Å². The minimum absolute atomic E-state index is 0.331. The molecule has 0 aliphatic rings. The predicted octanol–water partition coefficient (Wildman–Crippen LogP) is 1.82. The molecule has 0 aromatic carbocycles. The molecule has 0 bridgehead atoms. The predicted molar refractivity (Wildman–Crippen MR) is 61.3 cm³/mol. The average Bonchev–Trinajstić information content (AvgIpc) is 2.16. The van der Waals surface area contributed by atoms with E-state index in [1.807, 2.05) is 0 Å². The van der Waals surface area contributed by atoms with Crippen LogP contribution in [0.2, 0.25) is 0 Å². The molecule has 0 aliphatic carbocycles. The zero-order valence-electron chi connectivity index (χ0n) is 8.67. The summed E-state index contributed by atoms with van der Waals surface area (Å²) in [5.41, 5.74) is 3.23. The van der Waals surface area contributed by atoms with E-state index in [0.29, 0.717) is 12.2 Å². The number of hydrogen-bond donors (Lipinski definition) is 1. The highest BCUT2D eigenvalue weighted by Crippen LogP contribution is 2.08. The number of amides is 1. The van der Waals surface area contributed by atoms with E-state index in [-0.39, 0.29) is 0 Å². The number of hydroxylamine groups is 1. The van der Waals surface area contributed by atoms with Gasteiger partial charge in [0.25, 0.3) is 5.91 Å². The normalized spacial score (nSPS) is 11.4. The molecule has 1 amide bonds. The molecule has 0 atom stereocenters. The Labute approximate surface area is 99.4 Å². The summed E-state index contributed by atoms with van der Waals surface area (Å²) in [4.78, 5) is 16.4. The average molecular weight is 253 g/mol. The Bertz CT molecular complexity index is 254. The fourth-order valence-corrected chi connectivity index (χ4v) is 1.14. The second-order valence-corrected chi connectivity index (χ2v) is 3.79. The number of hydrogen-bond acceptors (Lipinski definition) is 3. The zero-order valence-corrected chi connectivity index (χ0v) is 10.2. The van der Waals surface area contributed by atoms with E-state index in [1.54, 1.807) is 19.2 Å². The second-order valence-electron chi connectivity index (χ2n) is 2.70. The first-order valence-corrected chi connectivity index (χ1v) is 5.07. The quantitative estimate of drug-likeness (QED) is 0.446. The van der Waals surface area contributed by atoms with Gasteiger partial charge >= 0.3 is 0 Å². The van der Waals surface area contributed by atoms with Crippen molar-refractivity contribution in [2.45, 2.75) is 11.8 Å². The third-order valence-corrected chi connectivity index (χ3v) is 1.78. The van der Waals surface area contributed by atoms with Gasteiger partial charge in [-0.15, -0.1) is 6.58 Å². The molecule has 0 saturated carbocycles. The Morgan fingerprint density at radius 1 is 1.67 bits per heavy atom. The molecule has 6 heteroatoms. The molecule has 0 aliphatic heterocycles. The SMILES string of the molecule is C=CCN(C=C(C)NOC)C(=O)C(Cl)Cl. The summed E-state index contributed by atoms with van der Waals surface area (Å²) >= 11 is 11.0. The lowest BCUT2D eigenvalue weighted by Gasteiger charge is -2.18. The fourth-order valence-electron chi connectivity index (χ4n) is 0.892. The van der Waals surface area contributed by atoms with Gasteiger partial charge in [0.2, 0.25) is 0 Å². The monoisotopic (exact) mass is 252 g/mol. The molecule has 0 heterocycles. The van der Waals surface area contributed by atoms with Gasteiger partial charge in [-0.05, 0) is 6.92 Å². The van der Waals surface area contributed by atoms with E-state index >= 15 is 0 Å². The Hall–Kier alpha value is -0.710. The number of halogens is 2. The van der Waals surface area contributed by atoms with Gasteiger partial charge in [0, 0.05) is 12.7 Å². The van der Waals surface area contributed by atoms with Gasteiger partial charge in [0.05, 0.1) is 12.8 Å². The van der Waals surface area contributed by atoms with Crippen molar-refractivity contribution in [2.75, 3.05) is 13.7 Å². The van der Waals surface area contributed by atoms with Crippen LogP contribution in [0.15, 0.2) is 24.6 Å². The highest BCUT2D eigenvalue weighted by molar-refractivity contribution is 6.53. The fraction of sp³-hybridized carbons (Fsp3) is 0.444. The lowest BCUT2D eigenvalue weighted by Crippen LogP contribution is -2.31. The van der Waals surface area contributed by atoms with Gasteiger partial charge in [-0.25, -0.2) is 0 Å². The molecular formula is C9H14Cl2N2O2. The van der Waals surface area contributed by atoms with Crippen LogP contribution < -0.4 is 5.48 Å². The van der Waals surface area contributed by atoms with E-state index in [4.69, 9.17) is 23.2 Å². The van der Waals surface area contributed by atoms with Gasteiger partial charge in [0.15, 0.2) is 4.84 Å². The maximum Gasteiger partial charge on any atom is 0.260 e. The van der Waals surface area contributed by atoms with Crippen molar-refractivity contribution in [2.24, 2.45) is 0 Å². The maximum absolute atomic E-state index is 11.5. The van der Waals surface area contributed by atoms with Gasteiger partial charge in [-0.3, -0.25) is 15.1 Å². The molecule has 0 saturated heterocycles. The summed E-state index contributed by atoms with van der Waals surface area (Å²) in [6.45, 7) is 5.61. The molecular weight excluding hydrogens is 239 g/mol. The number of allylic oxidation sites excluding steroid dienone is 1. The van der Waals surface area contributed by atoms with Crippen molar-refractivity contribution < 1.29 is 9.63 Å². The maximum atomic E-state index is 11.5. The molecule has 0 aromatic heterocycles. The first-order chi connectivity index (χ1) is 7.02. The molecule has 15 heavy (non-hydrogen) atoms. The number of carbonyl (C=O) groups is 1. The van der Waals surface area contributed by atoms with Crippen LogP contribution in [0.5, 0.6) is 0 Å². The number of alkyl halides is 2. The Kier molecular flexibility index (Phi) is 7.21. The van der Waals surface area contributed by atoms with Gasteiger partial charge < -0.3 is 4.90 Å². The lowest BCUT2D eigenvalue weighted by atomic mass is 10.4. The first kappa shape index (κ1) is 14.3. The Morgan fingerprint density at radius 2 is 2.27 bits per heavy atom. The minimum atomic E-state index is -1.09. The van der Waals surface area contributed by atoms with Crippen molar-refractivity contribution >= 4 is 29.1 Å². The molecule has 0 rings (SSSR count). The summed E-state index contributed by atoms with van der Waals surface area (Å²) in [6, 6.07) is 0. The van der Waals surface area contributed by atoms with Crippen LogP contribution in [0.4, 0.5) is 0 Å². The van der Waals surface area contributed by atoms with E-state index in [9.17, 15) is 4.79 Å². The molecule has 86 valence electrons. The Morgan fingerprint density at radius 3 is 2.67 bits per heavy atom. The molecule has 0 radical (unpaired) electrons. The largest absolute Gasteiger partial charge is 0.311 e. The van der Waals surface area contributed by atoms with E-state index < -0.39 is 10.7 Å². The highest BCUT2D eigenvalue weighted by atomic mass is 35.5. The molecule has 0 fully saturated rings.